The van der Waals surface area contributed by atoms with Crippen molar-refractivity contribution in [3.8, 4) is 11.6 Å². The third-order valence-corrected chi connectivity index (χ3v) is 4.65. The van der Waals surface area contributed by atoms with E-state index in [4.69, 9.17) is 8.94 Å². The van der Waals surface area contributed by atoms with Gasteiger partial charge in [0.2, 0.25) is 5.82 Å². The van der Waals surface area contributed by atoms with E-state index in [0.29, 0.717) is 23.9 Å². The molecule has 7 heteroatoms. The van der Waals surface area contributed by atoms with Crippen molar-refractivity contribution in [3.63, 3.8) is 0 Å². The van der Waals surface area contributed by atoms with E-state index in [9.17, 15) is 0 Å². The number of hydrogen-bond donors (Lipinski definition) is 0. The zero-order valence-electron chi connectivity index (χ0n) is 13.6. The predicted octanol–water partition coefficient (Wildman–Crippen LogP) is 4.18. The summed E-state index contributed by atoms with van der Waals surface area (Å²) in [5.41, 5.74) is 2.05. The van der Waals surface area contributed by atoms with Crippen LogP contribution in [0.5, 0.6) is 0 Å². The van der Waals surface area contributed by atoms with E-state index >= 15 is 0 Å². The minimum Gasteiger partial charge on any atom is -0.461 e. The first-order valence-corrected chi connectivity index (χ1v) is 8.84. The average Bonchev–Trinajstić information content (AvgIpc) is 3.35. The molecule has 1 aromatic carbocycles. The van der Waals surface area contributed by atoms with Crippen LogP contribution < -0.4 is 0 Å². The van der Waals surface area contributed by atoms with Gasteiger partial charge in [-0.2, -0.15) is 0 Å². The molecule has 0 bridgehead atoms. The number of nitrogens with zero attached hydrogens (tertiary/aromatic N) is 4. The second-order valence-electron chi connectivity index (χ2n) is 5.58. The molecule has 3 heterocycles. The van der Waals surface area contributed by atoms with E-state index in [1.165, 1.54) is 5.56 Å². The second-order valence-corrected chi connectivity index (χ2v) is 6.52. The summed E-state index contributed by atoms with van der Waals surface area (Å²) >= 11 is 1.56. The molecule has 126 valence electrons. The molecule has 4 rings (SSSR count). The Morgan fingerprint density at radius 2 is 1.96 bits per heavy atom. The Bertz CT molecular complexity index is 945. The second kappa shape index (κ2) is 6.98. The van der Waals surface area contributed by atoms with Gasteiger partial charge in [0, 0.05) is 6.07 Å². The quantitative estimate of drug-likeness (QED) is 0.485. The van der Waals surface area contributed by atoms with Gasteiger partial charge >= 0.3 is 0 Å². The van der Waals surface area contributed by atoms with Gasteiger partial charge in [-0.15, -0.1) is 10.2 Å². The van der Waals surface area contributed by atoms with Crippen LogP contribution in [0.4, 0.5) is 0 Å². The Hall–Kier alpha value is -2.80. The molecule has 6 nitrogen and oxygen atoms in total. The Labute approximate surface area is 148 Å². The summed E-state index contributed by atoms with van der Waals surface area (Å²) in [6.45, 7) is 2.58. The number of hydrogen-bond acceptors (Lipinski definition) is 6. The Morgan fingerprint density at radius 3 is 2.68 bits per heavy atom. The van der Waals surface area contributed by atoms with E-state index in [1.807, 2.05) is 43.3 Å². The molecule has 0 amide bonds. The number of thioether (sulfide) groups is 1. The lowest BCUT2D eigenvalue weighted by Crippen LogP contribution is -2.03. The highest BCUT2D eigenvalue weighted by atomic mass is 32.2. The number of aromatic nitrogens is 4. The number of aryl methyl sites for hydroxylation is 1. The molecule has 4 aromatic rings. The van der Waals surface area contributed by atoms with Crippen LogP contribution in [0.15, 0.2) is 68.9 Å². The molecule has 0 atom stereocenters. The molecule has 0 saturated carbocycles. The molecular formula is C18H16N4O2S. The highest BCUT2D eigenvalue weighted by molar-refractivity contribution is 7.98. The fraction of sp³-hybridized carbons (Fsp3) is 0.167. The van der Waals surface area contributed by atoms with E-state index in [-0.39, 0.29) is 0 Å². The van der Waals surface area contributed by atoms with Gasteiger partial charge in [-0.25, -0.2) is 0 Å². The normalized spacial score (nSPS) is 11.1. The van der Waals surface area contributed by atoms with E-state index < -0.39 is 0 Å². The van der Waals surface area contributed by atoms with Gasteiger partial charge in [-0.05, 0) is 24.6 Å². The maximum absolute atomic E-state index is 5.52. The average molecular weight is 352 g/mol. The van der Waals surface area contributed by atoms with E-state index in [1.54, 1.807) is 18.0 Å². The molecule has 0 saturated heterocycles. The lowest BCUT2D eigenvalue weighted by Gasteiger charge is -2.08. The van der Waals surface area contributed by atoms with Crippen molar-refractivity contribution in [1.82, 2.24) is 19.9 Å². The van der Waals surface area contributed by atoms with Crippen molar-refractivity contribution < 1.29 is 8.94 Å². The molecule has 0 aliphatic carbocycles. The fourth-order valence-electron chi connectivity index (χ4n) is 2.51. The van der Waals surface area contributed by atoms with Crippen LogP contribution in [-0.2, 0) is 12.3 Å². The largest absolute Gasteiger partial charge is 0.461 e. The van der Waals surface area contributed by atoms with Gasteiger partial charge in [0.05, 0.1) is 24.3 Å². The van der Waals surface area contributed by atoms with Crippen molar-refractivity contribution in [2.24, 2.45) is 0 Å². The number of rotatable bonds is 6. The van der Waals surface area contributed by atoms with Crippen LogP contribution in [0.2, 0.25) is 0 Å². The first kappa shape index (κ1) is 15.7. The highest BCUT2D eigenvalue weighted by Crippen LogP contribution is 2.27. The van der Waals surface area contributed by atoms with Crippen molar-refractivity contribution in [2.75, 3.05) is 0 Å². The molecule has 0 aliphatic rings. The highest BCUT2D eigenvalue weighted by Gasteiger charge is 2.17. The summed E-state index contributed by atoms with van der Waals surface area (Å²) in [7, 11) is 0. The molecule has 0 spiro atoms. The number of furan rings is 1. The standard InChI is InChI=1S/C18H16N4O2S/c1-13-10-15(24-21-13)12-25-18-20-19-17(16-8-5-9-23-16)22(18)11-14-6-3-2-4-7-14/h2-10H,11-12H2,1H3. The molecule has 0 N–H and O–H groups in total. The molecule has 0 radical (unpaired) electrons. The maximum atomic E-state index is 5.52. The Kier molecular flexibility index (Phi) is 4.39. The van der Waals surface area contributed by atoms with Gasteiger partial charge in [0.15, 0.2) is 10.9 Å². The van der Waals surface area contributed by atoms with Crippen LogP contribution in [0, 0.1) is 6.92 Å². The van der Waals surface area contributed by atoms with Gasteiger partial charge in [0.25, 0.3) is 0 Å². The topological polar surface area (TPSA) is 69.9 Å². The van der Waals surface area contributed by atoms with Crippen molar-refractivity contribution in [1.29, 1.82) is 0 Å². The van der Waals surface area contributed by atoms with Gasteiger partial charge in [0.1, 0.15) is 5.76 Å². The summed E-state index contributed by atoms with van der Waals surface area (Å²) in [6.07, 6.45) is 1.64. The molecule has 0 aliphatic heterocycles. The SMILES string of the molecule is Cc1cc(CSc2nnc(-c3ccco3)n2Cc2ccccc2)on1. The summed E-state index contributed by atoms with van der Waals surface area (Å²) in [6, 6.07) is 15.9. The van der Waals surface area contributed by atoms with Crippen molar-refractivity contribution in [3.05, 3.63) is 71.8 Å². The molecule has 0 unspecified atom stereocenters. The first-order chi connectivity index (χ1) is 12.3. The minimum atomic E-state index is 0.645. The van der Waals surface area contributed by atoms with Crippen LogP contribution in [-0.4, -0.2) is 19.9 Å². The minimum absolute atomic E-state index is 0.645. The zero-order chi connectivity index (χ0) is 17.1. The van der Waals surface area contributed by atoms with E-state index in [2.05, 4.69) is 32.1 Å². The summed E-state index contributed by atoms with van der Waals surface area (Å²) in [4.78, 5) is 0. The van der Waals surface area contributed by atoms with Gasteiger partial charge in [-0.1, -0.05) is 47.3 Å². The summed E-state index contributed by atoms with van der Waals surface area (Å²) in [5, 5.41) is 13.4. The van der Waals surface area contributed by atoms with Gasteiger partial charge < -0.3 is 8.94 Å². The maximum Gasteiger partial charge on any atom is 0.200 e. The van der Waals surface area contributed by atoms with E-state index in [0.717, 1.165) is 16.6 Å². The summed E-state index contributed by atoms with van der Waals surface area (Å²) in [5.74, 6) is 2.87. The molecule has 3 aromatic heterocycles. The predicted molar refractivity (Wildman–Crippen MR) is 94.1 cm³/mol. The zero-order valence-corrected chi connectivity index (χ0v) is 14.4. The Balaban J connectivity index is 1.63. The molecule has 0 fully saturated rings. The first-order valence-electron chi connectivity index (χ1n) is 7.85. The van der Waals surface area contributed by atoms with Gasteiger partial charge in [-0.3, -0.25) is 4.57 Å². The smallest absolute Gasteiger partial charge is 0.200 e. The summed E-state index contributed by atoms with van der Waals surface area (Å²) < 4.78 is 12.9. The van der Waals surface area contributed by atoms with Crippen molar-refractivity contribution in [2.45, 2.75) is 24.4 Å². The Morgan fingerprint density at radius 1 is 1.08 bits per heavy atom. The monoisotopic (exact) mass is 352 g/mol. The third-order valence-electron chi connectivity index (χ3n) is 3.66. The lowest BCUT2D eigenvalue weighted by molar-refractivity contribution is 0.391. The third kappa shape index (κ3) is 3.51. The molecule has 25 heavy (non-hydrogen) atoms. The van der Waals surface area contributed by atoms with Crippen LogP contribution in [0.3, 0.4) is 0 Å². The van der Waals surface area contributed by atoms with Crippen LogP contribution >= 0.6 is 11.8 Å². The fourth-order valence-corrected chi connectivity index (χ4v) is 3.32. The van der Waals surface area contributed by atoms with Crippen LogP contribution in [0.1, 0.15) is 17.0 Å². The van der Waals surface area contributed by atoms with Crippen LogP contribution in [0.25, 0.3) is 11.6 Å². The molecular weight excluding hydrogens is 336 g/mol. The number of benzene rings is 1. The lowest BCUT2D eigenvalue weighted by atomic mass is 10.2. The van der Waals surface area contributed by atoms with Crippen molar-refractivity contribution >= 4 is 11.8 Å².